The van der Waals surface area contributed by atoms with Crippen LogP contribution in [0.4, 0.5) is 4.39 Å². The number of halogens is 1. The van der Waals surface area contributed by atoms with E-state index in [0.717, 1.165) is 5.56 Å². The highest BCUT2D eigenvalue weighted by Crippen LogP contribution is 2.21. The first kappa shape index (κ1) is 12.2. The molecule has 0 aromatic heterocycles. The summed E-state index contributed by atoms with van der Waals surface area (Å²) in [5, 5.41) is 9.58. The lowest BCUT2D eigenvalue weighted by atomic mass is 9.79. The summed E-state index contributed by atoms with van der Waals surface area (Å²) >= 11 is 0. The number of hydrogen-bond acceptors (Lipinski definition) is 3. The van der Waals surface area contributed by atoms with Gasteiger partial charge in [-0.3, -0.25) is 0 Å². The van der Waals surface area contributed by atoms with Gasteiger partial charge in [-0.1, -0.05) is 30.3 Å². The fourth-order valence-corrected chi connectivity index (χ4v) is 2.07. The summed E-state index contributed by atoms with van der Waals surface area (Å²) in [4.78, 5) is 0. The van der Waals surface area contributed by atoms with Crippen molar-refractivity contribution in [3.63, 3.8) is 0 Å². The van der Waals surface area contributed by atoms with Crippen molar-refractivity contribution >= 4 is 12.6 Å². The predicted octanol–water partition coefficient (Wildman–Crippen LogP) is 1.62. The minimum atomic E-state index is -0.991. The first-order valence-corrected chi connectivity index (χ1v) is 6.03. The summed E-state index contributed by atoms with van der Waals surface area (Å²) < 4.78 is 24.3. The standard InChI is InChI=1S/C14H12BFO3/c16-13-6-11-9-19-15(17)12(11)7-14(13)18-8-10-4-2-1-3-5-10/h1-7,17H,8-9H2. The van der Waals surface area contributed by atoms with Crippen LogP contribution in [0.15, 0.2) is 42.5 Å². The van der Waals surface area contributed by atoms with Crippen LogP contribution in [-0.4, -0.2) is 12.1 Å². The zero-order valence-corrected chi connectivity index (χ0v) is 10.2. The number of hydrogen-bond donors (Lipinski definition) is 1. The van der Waals surface area contributed by atoms with Crippen LogP contribution in [0.2, 0.25) is 0 Å². The third kappa shape index (κ3) is 2.48. The van der Waals surface area contributed by atoms with Crippen molar-refractivity contribution < 1.29 is 18.8 Å². The average Bonchev–Trinajstić information content (AvgIpc) is 2.78. The van der Waals surface area contributed by atoms with E-state index in [1.807, 2.05) is 30.3 Å². The molecule has 3 rings (SSSR count). The Morgan fingerprint density at radius 2 is 2.05 bits per heavy atom. The van der Waals surface area contributed by atoms with Gasteiger partial charge in [0.15, 0.2) is 11.6 Å². The van der Waals surface area contributed by atoms with E-state index < -0.39 is 12.9 Å². The van der Waals surface area contributed by atoms with Gasteiger partial charge in [0, 0.05) is 0 Å². The molecule has 3 nitrogen and oxygen atoms in total. The van der Waals surface area contributed by atoms with Gasteiger partial charge in [-0.2, -0.15) is 0 Å². The molecule has 0 unspecified atom stereocenters. The lowest BCUT2D eigenvalue weighted by Crippen LogP contribution is -2.28. The molecule has 0 atom stereocenters. The van der Waals surface area contributed by atoms with Crippen LogP contribution in [0.25, 0.3) is 0 Å². The minimum Gasteiger partial charge on any atom is -0.486 e. The first-order valence-electron chi connectivity index (χ1n) is 6.03. The molecule has 5 heteroatoms. The molecule has 0 radical (unpaired) electrons. The van der Waals surface area contributed by atoms with Crippen molar-refractivity contribution in [2.24, 2.45) is 0 Å². The SMILES string of the molecule is OB1OCc2cc(F)c(OCc3ccccc3)cc21. The van der Waals surface area contributed by atoms with Crippen molar-refractivity contribution in [2.45, 2.75) is 13.2 Å². The summed E-state index contributed by atoms with van der Waals surface area (Å²) in [6.07, 6.45) is 0. The molecule has 19 heavy (non-hydrogen) atoms. The molecule has 0 spiro atoms. The van der Waals surface area contributed by atoms with Gasteiger partial charge in [-0.25, -0.2) is 4.39 Å². The second-order valence-electron chi connectivity index (χ2n) is 4.42. The van der Waals surface area contributed by atoms with Crippen molar-refractivity contribution in [3.8, 4) is 5.75 Å². The Morgan fingerprint density at radius 1 is 1.26 bits per heavy atom. The maximum atomic E-state index is 13.8. The van der Waals surface area contributed by atoms with Crippen LogP contribution >= 0.6 is 0 Å². The monoisotopic (exact) mass is 258 g/mol. The summed E-state index contributed by atoms with van der Waals surface area (Å²) in [6, 6.07) is 12.4. The van der Waals surface area contributed by atoms with Crippen LogP contribution in [0.5, 0.6) is 5.75 Å². The maximum absolute atomic E-state index is 13.8. The molecule has 1 aliphatic rings. The zero-order chi connectivity index (χ0) is 13.2. The molecule has 0 bridgehead atoms. The van der Waals surface area contributed by atoms with E-state index in [1.165, 1.54) is 12.1 Å². The molecule has 96 valence electrons. The van der Waals surface area contributed by atoms with Crippen LogP contribution < -0.4 is 10.2 Å². The third-order valence-corrected chi connectivity index (χ3v) is 3.09. The van der Waals surface area contributed by atoms with Gasteiger partial charge in [0.25, 0.3) is 0 Å². The largest absolute Gasteiger partial charge is 0.491 e. The smallest absolute Gasteiger partial charge is 0.486 e. The molecule has 0 amide bonds. The van der Waals surface area contributed by atoms with Crippen molar-refractivity contribution in [1.82, 2.24) is 0 Å². The predicted molar refractivity (Wildman–Crippen MR) is 69.6 cm³/mol. The second-order valence-corrected chi connectivity index (χ2v) is 4.42. The summed E-state index contributed by atoms with van der Waals surface area (Å²) in [7, 11) is -0.991. The summed E-state index contributed by atoms with van der Waals surface area (Å²) in [5.41, 5.74) is 2.20. The Morgan fingerprint density at radius 3 is 2.84 bits per heavy atom. The van der Waals surface area contributed by atoms with E-state index in [-0.39, 0.29) is 19.0 Å². The molecular weight excluding hydrogens is 246 g/mol. The quantitative estimate of drug-likeness (QED) is 0.850. The number of rotatable bonds is 3. The second kappa shape index (κ2) is 5.03. The van der Waals surface area contributed by atoms with Gasteiger partial charge >= 0.3 is 7.12 Å². The van der Waals surface area contributed by atoms with Gasteiger partial charge in [-0.15, -0.1) is 0 Å². The molecule has 0 saturated heterocycles. The summed E-state index contributed by atoms with van der Waals surface area (Å²) in [5.74, 6) is -0.306. The number of ether oxygens (including phenoxy) is 1. The lowest BCUT2D eigenvalue weighted by Gasteiger charge is -2.09. The Balaban J connectivity index is 1.80. The van der Waals surface area contributed by atoms with Crippen LogP contribution in [-0.2, 0) is 17.9 Å². The highest BCUT2D eigenvalue weighted by atomic mass is 19.1. The Labute approximate surface area is 110 Å². The van der Waals surface area contributed by atoms with E-state index in [4.69, 9.17) is 9.39 Å². The molecular formula is C14H12BFO3. The first-order chi connectivity index (χ1) is 9.24. The number of fused-ring (bicyclic) bond motifs is 1. The molecule has 1 N–H and O–H groups in total. The fraction of sp³-hybridized carbons (Fsp3) is 0.143. The van der Waals surface area contributed by atoms with E-state index in [9.17, 15) is 9.41 Å². The minimum absolute atomic E-state index is 0.132. The fourth-order valence-electron chi connectivity index (χ4n) is 2.07. The Hall–Kier alpha value is -1.85. The van der Waals surface area contributed by atoms with Crippen LogP contribution in [0, 0.1) is 5.82 Å². The van der Waals surface area contributed by atoms with E-state index in [2.05, 4.69) is 0 Å². The van der Waals surface area contributed by atoms with Gasteiger partial charge in [-0.05, 0) is 28.7 Å². The number of benzene rings is 2. The maximum Gasteiger partial charge on any atom is 0.491 e. The lowest BCUT2D eigenvalue weighted by molar-refractivity contribution is 0.275. The van der Waals surface area contributed by atoms with Gasteiger partial charge in [0.2, 0.25) is 0 Å². The third-order valence-electron chi connectivity index (χ3n) is 3.09. The topological polar surface area (TPSA) is 38.7 Å². The van der Waals surface area contributed by atoms with Gasteiger partial charge in [0.1, 0.15) is 6.61 Å². The molecule has 2 aromatic carbocycles. The van der Waals surface area contributed by atoms with E-state index >= 15 is 0 Å². The molecule has 0 saturated carbocycles. The normalized spacial score (nSPS) is 13.5. The van der Waals surface area contributed by atoms with Crippen LogP contribution in [0.1, 0.15) is 11.1 Å². The van der Waals surface area contributed by atoms with Crippen molar-refractivity contribution in [2.75, 3.05) is 0 Å². The highest BCUT2D eigenvalue weighted by Gasteiger charge is 2.29. The Bertz CT molecular complexity index is 589. The molecule has 1 aliphatic heterocycles. The average molecular weight is 258 g/mol. The van der Waals surface area contributed by atoms with Gasteiger partial charge < -0.3 is 14.4 Å². The van der Waals surface area contributed by atoms with Crippen molar-refractivity contribution in [1.29, 1.82) is 0 Å². The summed E-state index contributed by atoms with van der Waals surface area (Å²) in [6.45, 7) is 0.514. The Kier molecular flexibility index (Phi) is 3.23. The molecule has 0 fully saturated rings. The molecule has 2 aromatic rings. The molecule has 0 aliphatic carbocycles. The molecule has 1 heterocycles. The van der Waals surface area contributed by atoms with E-state index in [0.29, 0.717) is 11.0 Å². The van der Waals surface area contributed by atoms with Crippen molar-refractivity contribution in [3.05, 3.63) is 59.4 Å². The van der Waals surface area contributed by atoms with Crippen LogP contribution in [0.3, 0.4) is 0 Å². The zero-order valence-electron chi connectivity index (χ0n) is 10.2. The highest BCUT2D eigenvalue weighted by molar-refractivity contribution is 6.61. The van der Waals surface area contributed by atoms with E-state index in [1.54, 1.807) is 0 Å². The van der Waals surface area contributed by atoms with Gasteiger partial charge in [0.05, 0.1) is 6.61 Å².